The van der Waals surface area contributed by atoms with Crippen LogP contribution in [0.15, 0.2) is 53.4 Å². The zero-order valence-corrected chi connectivity index (χ0v) is 11.6. The van der Waals surface area contributed by atoms with Crippen LogP contribution in [-0.4, -0.2) is 11.2 Å². The van der Waals surface area contributed by atoms with Gasteiger partial charge in [0.2, 0.25) is 5.91 Å². The molecule has 0 saturated heterocycles. The number of rotatable bonds is 4. The van der Waals surface area contributed by atoms with Gasteiger partial charge in [0.15, 0.2) is 0 Å². The summed E-state index contributed by atoms with van der Waals surface area (Å²) in [6.07, 6.45) is 0. The molecule has 0 fully saturated rings. The Kier molecular flexibility index (Phi) is 4.74. The second-order valence-corrected chi connectivity index (χ2v) is 5.63. The monoisotopic (exact) mass is 293 g/mol. The third-order valence-electron chi connectivity index (χ3n) is 2.59. The van der Waals surface area contributed by atoms with Crippen molar-refractivity contribution in [3.8, 4) is 0 Å². The van der Waals surface area contributed by atoms with Crippen molar-refractivity contribution in [1.82, 2.24) is 0 Å². The normalized spacial score (nSPS) is 11.9. The summed E-state index contributed by atoms with van der Waals surface area (Å²) in [5.41, 5.74) is 0.418. The summed E-state index contributed by atoms with van der Waals surface area (Å²) in [7, 11) is 0. The molecule has 2 aromatic carbocycles. The zero-order chi connectivity index (χ0) is 14.5. The van der Waals surface area contributed by atoms with Gasteiger partial charge in [-0.3, -0.25) is 4.79 Å². The Balaban J connectivity index is 1.96. The lowest BCUT2D eigenvalue weighted by Gasteiger charge is -2.12. The fraction of sp³-hybridized carbons (Fsp3) is 0.133. The largest absolute Gasteiger partial charge is 0.325 e. The van der Waals surface area contributed by atoms with Crippen molar-refractivity contribution >= 4 is 23.4 Å². The highest BCUT2D eigenvalue weighted by Gasteiger charge is 2.14. The highest BCUT2D eigenvalue weighted by Crippen LogP contribution is 2.24. The van der Waals surface area contributed by atoms with Gasteiger partial charge in [0.25, 0.3) is 0 Å². The lowest BCUT2D eigenvalue weighted by molar-refractivity contribution is -0.115. The molecule has 0 radical (unpaired) electrons. The van der Waals surface area contributed by atoms with Gasteiger partial charge in [-0.15, -0.1) is 11.8 Å². The van der Waals surface area contributed by atoms with Crippen LogP contribution in [0, 0.1) is 11.6 Å². The maximum atomic E-state index is 13.0. The van der Waals surface area contributed by atoms with Crippen LogP contribution in [-0.2, 0) is 4.79 Å². The number of nitrogens with one attached hydrogen (secondary N) is 1. The highest BCUT2D eigenvalue weighted by molar-refractivity contribution is 8.00. The van der Waals surface area contributed by atoms with Gasteiger partial charge < -0.3 is 5.32 Å². The molecule has 2 rings (SSSR count). The van der Waals surface area contributed by atoms with E-state index in [4.69, 9.17) is 0 Å². The highest BCUT2D eigenvalue weighted by atomic mass is 32.2. The molecule has 0 heterocycles. The van der Waals surface area contributed by atoms with E-state index in [2.05, 4.69) is 5.32 Å². The van der Waals surface area contributed by atoms with Crippen molar-refractivity contribution in [2.24, 2.45) is 0 Å². The zero-order valence-electron chi connectivity index (χ0n) is 10.8. The lowest BCUT2D eigenvalue weighted by Crippen LogP contribution is -2.22. The quantitative estimate of drug-likeness (QED) is 0.860. The molecule has 0 bridgehead atoms. The summed E-state index contributed by atoms with van der Waals surface area (Å²) in [5.74, 6) is -0.946. The van der Waals surface area contributed by atoms with Gasteiger partial charge >= 0.3 is 0 Å². The fourth-order valence-corrected chi connectivity index (χ4v) is 2.45. The smallest absolute Gasteiger partial charge is 0.237 e. The molecule has 1 N–H and O–H groups in total. The number of halogens is 2. The first-order valence-electron chi connectivity index (χ1n) is 6.03. The number of carbonyl (C=O) groups excluding carboxylic acids is 1. The van der Waals surface area contributed by atoms with Crippen molar-refractivity contribution in [1.29, 1.82) is 0 Å². The lowest BCUT2D eigenvalue weighted by atomic mass is 10.3. The molecule has 5 heteroatoms. The summed E-state index contributed by atoms with van der Waals surface area (Å²) in [6, 6.07) is 11.6. The van der Waals surface area contributed by atoms with E-state index in [1.807, 2.05) is 0 Å². The van der Waals surface area contributed by atoms with Crippen LogP contribution < -0.4 is 5.32 Å². The summed E-state index contributed by atoms with van der Waals surface area (Å²) >= 11 is 1.31. The first-order chi connectivity index (χ1) is 9.54. The van der Waals surface area contributed by atoms with E-state index in [0.29, 0.717) is 5.69 Å². The van der Waals surface area contributed by atoms with Crippen molar-refractivity contribution < 1.29 is 13.6 Å². The Labute approximate surface area is 120 Å². The van der Waals surface area contributed by atoms with E-state index in [0.717, 1.165) is 4.90 Å². The maximum absolute atomic E-state index is 13.0. The van der Waals surface area contributed by atoms with Crippen LogP contribution in [0.3, 0.4) is 0 Å². The molecular formula is C15H13F2NOS. The Morgan fingerprint density at radius 1 is 1.10 bits per heavy atom. The molecule has 0 saturated carbocycles. The molecule has 0 aliphatic rings. The molecule has 0 aliphatic carbocycles. The predicted octanol–water partition coefficient (Wildman–Crippen LogP) is 4.08. The minimum Gasteiger partial charge on any atom is -0.325 e. The third-order valence-corrected chi connectivity index (χ3v) is 3.70. The Morgan fingerprint density at radius 3 is 2.45 bits per heavy atom. The average Bonchev–Trinajstić information content (AvgIpc) is 2.41. The Morgan fingerprint density at radius 2 is 1.80 bits per heavy atom. The topological polar surface area (TPSA) is 29.1 Å². The van der Waals surface area contributed by atoms with Crippen LogP contribution in [0.5, 0.6) is 0 Å². The van der Waals surface area contributed by atoms with E-state index in [1.54, 1.807) is 25.1 Å². The number of anilines is 1. The predicted molar refractivity (Wildman–Crippen MR) is 76.7 cm³/mol. The van der Waals surface area contributed by atoms with Crippen molar-refractivity contribution in [3.05, 3.63) is 60.2 Å². The van der Waals surface area contributed by atoms with Crippen LogP contribution in [0.4, 0.5) is 14.5 Å². The minimum atomic E-state index is -0.401. The molecule has 0 unspecified atom stereocenters. The summed E-state index contributed by atoms with van der Waals surface area (Å²) in [4.78, 5) is 12.8. The van der Waals surface area contributed by atoms with Crippen molar-refractivity contribution in [3.63, 3.8) is 0 Å². The fourth-order valence-electron chi connectivity index (χ4n) is 1.58. The Hall–Kier alpha value is -1.88. The van der Waals surface area contributed by atoms with Gasteiger partial charge in [-0.05, 0) is 49.4 Å². The summed E-state index contributed by atoms with van der Waals surface area (Å²) in [5, 5.41) is 2.27. The van der Waals surface area contributed by atoms with E-state index >= 15 is 0 Å². The van der Waals surface area contributed by atoms with Crippen LogP contribution in [0.2, 0.25) is 0 Å². The molecule has 1 amide bonds. The standard InChI is InChI=1S/C15H13F2NOS/c1-10(20-14-7-5-11(16)6-8-14)15(19)18-13-4-2-3-12(17)9-13/h2-10H,1H3,(H,18,19)/t10-/m1/s1. The van der Waals surface area contributed by atoms with Gasteiger partial charge in [0.05, 0.1) is 5.25 Å². The van der Waals surface area contributed by atoms with E-state index in [-0.39, 0.29) is 17.0 Å². The van der Waals surface area contributed by atoms with Gasteiger partial charge in [-0.1, -0.05) is 6.07 Å². The first kappa shape index (κ1) is 14.5. The number of hydrogen-bond donors (Lipinski definition) is 1. The SMILES string of the molecule is C[C@@H](Sc1ccc(F)cc1)C(=O)Nc1cccc(F)c1. The third kappa shape index (κ3) is 4.06. The Bertz CT molecular complexity index is 601. The molecule has 2 nitrogen and oxygen atoms in total. The molecule has 0 aliphatic heterocycles. The molecule has 1 atom stereocenters. The van der Waals surface area contributed by atoms with Gasteiger partial charge in [-0.25, -0.2) is 8.78 Å². The second kappa shape index (κ2) is 6.52. The van der Waals surface area contributed by atoms with Crippen LogP contribution >= 0.6 is 11.8 Å². The number of thioether (sulfide) groups is 1. The van der Waals surface area contributed by atoms with Crippen LogP contribution in [0.1, 0.15) is 6.92 Å². The molecule has 104 valence electrons. The molecule has 20 heavy (non-hydrogen) atoms. The van der Waals surface area contributed by atoms with E-state index in [9.17, 15) is 13.6 Å². The number of amides is 1. The van der Waals surface area contributed by atoms with Gasteiger partial charge in [0, 0.05) is 10.6 Å². The average molecular weight is 293 g/mol. The van der Waals surface area contributed by atoms with Gasteiger partial charge in [-0.2, -0.15) is 0 Å². The molecular weight excluding hydrogens is 280 g/mol. The molecule has 0 spiro atoms. The van der Waals surface area contributed by atoms with Crippen molar-refractivity contribution in [2.45, 2.75) is 17.1 Å². The summed E-state index contributed by atoms with van der Waals surface area (Å²) < 4.78 is 25.8. The number of hydrogen-bond acceptors (Lipinski definition) is 2. The van der Waals surface area contributed by atoms with Crippen LogP contribution in [0.25, 0.3) is 0 Å². The summed E-state index contributed by atoms with van der Waals surface area (Å²) in [6.45, 7) is 1.74. The first-order valence-corrected chi connectivity index (χ1v) is 6.91. The second-order valence-electron chi connectivity index (χ2n) is 4.21. The van der Waals surface area contributed by atoms with E-state index < -0.39 is 5.82 Å². The maximum Gasteiger partial charge on any atom is 0.237 e. The number of benzene rings is 2. The molecule has 2 aromatic rings. The minimum absolute atomic E-state index is 0.232. The van der Waals surface area contributed by atoms with Crippen molar-refractivity contribution in [2.75, 3.05) is 5.32 Å². The van der Waals surface area contributed by atoms with Gasteiger partial charge in [0.1, 0.15) is 11.6 Å². The molecule has 0 aromatic heterocycles. The number of carbonyl (C=O) groups is 1. The van der Waals surface area contributed by atoms with E-state index in [1.165, 1.54) is 42.1 Å².